The van der Waals surface area contributed by atoms with Crippen LogP contribution in [0.2, 0.25) is 0 Å². The number of carbonyl (C=O) groups is 1. The van der Waals surface area contributed by atoms with Gasteiger partial charge in [-0.25, -0.2) is 4.79 Å². The van der Waals surface area contributed by atoms with Crippen LogP contribution in [0.4, 0.5) is 0 Å². The van der Waals surface area contributed by atoms with E-state index in [1.54, 1.807) is 0 Å². The molecule has 1 N–H and O–H groups in total. The molecule has 4 nitrogen and oxygen atoms in total. The van der Waals surface area contributed by atoms with Crippen molar-refractivity contribution in [1.82, 2.24) is 0 Å². The molecule has 1 aromatic heterocycles. The molecular formula is C14H20O4S. The molecule has 5 heteroatoms. The Hall–Kier alpha value is -1.07. The number of aryl methyl sites for hydroxylation is 1. The maximum Gasteiger partial charge on any atom is 0.349 e. The molecule has 0 bridgehead atoms. The molecule has 19 heavy (non-hydrogen) atoms. The van der Waals surface area contributed by atoms with Crippen LogP contribution in [0.5, 0.6) is 5.75 Å². The molecule has 1 aliphatic heterocycles. The van der Waals surface area contributed by atoms with Crippen LogP contribution in [0.25, 0.3) is 0 Å². The normalized spacial score (nSPS) is 16.5. The number of hydrogen-bond donors (Lipinski definition) is 1. The van der Waals surface area contributed by atoms with E-state index in [1.807, 2.05) is 6.07 Å². The van der Waals surface area contributed by atoms with Gasteiger partial charge in [0.05, 0.1) is 6.61 Å². The number of thiophene rings is 1. The fourth-order valence-electron chi connectivity index (χ4n) is 2.17. The van der Waals surface area contributed by atoms with E-state index in [0.29, 0.717) is 23.2 Å². The lowest BCUT2D eigenvalue weighted by atomic mass is 10.0. The molecular weight excluding hydrogens is 264 g/mol. The summed E-state index contributed by atoms with van der Waals surface area (Å²) in [6.45, 7) is 4.24. The summed E-state index contributed by atoms with van der Waals surface area (Å²) in [6, 6.07) is 1.89. The monoisotopic (exact) mass is 284 g/mol. The van der Waals surface area contributed by atoms with E-state index in [2.05, 4.69) is 6.92 Å². The molecule has 0 aliphatic carbocycles. The fourth-order valence-corrected chi connectivity index (χ4v) is 3.21. The van der Waals surface area contributed by atoms with Gasteiger partial charge < -0.3 is 14.6 Å². The minimum absolute atomic E-state index is 0.329. The van der Waals surface area contributed by atoms with Crippen LogP contribution >= 0.6 is 11.3 Å². The second-order valence-electron chi connectivity index (χ2n) is 4.83. The molecule has 0 atom stereocenters. The van der Waals surface area contributed by atoms with Gasteiger partial charge in [-0.2, -0.15) is 0 Å². The van der Waals surface area contributed by atoms with E-state index in [1.165, 1.54) is 11.3 Å². The number of ether oxygens (including phenoxy) is 2. The topological polar surface area (TPSA) is 55.8 Å². The zero-order valence-corrected chi connectivity index (χ0v) is 12.0. The quantitative estimate of drug-likeness (QED) is 0.871. The van der Waals surface area contributed by atoms with Crippen LogP contribution in [0, 0.1) is 5.92 Å². The zero-order chi connectivity index (χ0) is 13.7. The van der Waals surface area contributed by atoms with Gasteiger partial charge in [0.25, 0.3) is 0 Å². The van der Waals surface area contributed by atoms with E-state index >= 15 is 0 Å². The van der Waals surface area contributed by atoms with Gasteiger partial charge in [-0.1, -0.05) is 13.3 Å². The second-order valence-corrected chi connectivity index (χ2v) is 5.96. The first-order chi connectivity index (χ1) is 9.20. The fraction of sp³-hybridized carbons (Fsp3) is 0.643. The predicted octanol–water partition coefficient (Wildman–Crippen LogP) is 3.20. The summed E-state index contributed by atoms with van der Waals surface area (Å²) in [5.74, 6) is 0.117. The third kappa shape index (κ3) is 3.94. The van der Waals surface area contributed by atoms with Gasteiger partial charge in [0, 0.05) is 18.1 Å². The van der Waals surface area contributed by atoms with Crippen molar-refractivity contribution in [3.63, 3.8) is 0 Å². The molecule has 106 valence electrons. The average Bonchev–Trinajstić information content (AvgIpc) is 2.81. The molecule has 0 radical (unpaired) electrons. The Bertz CT molecular complexity index is 421. The summed E-state index contributed by atoms with van der Waals surface area (Å²) in [6.07, 6.45) is 3.91. The third-order valence-corrected chi connectivity index (χ3v) is 4.42. The molecule has 0 saturated carbocycles. The Morgan fingerprint density at radius 3 is 2.89 bits per heavy atom. The first-order valence-electron chi connectivity index (χ1n) is 6.77. The molecule has 1 aliphatic rings. The Kier molecular flexibility index (Phi) is 5.22. The van der Waals surface area contributed by atoms with Gasteiger partial charge in [0.2, 0.25) is 0 Å². The lowest BCUT2D eigenvalue weighted by Gasteiger charge is -2.21. The Balaban J connectivity index is 1.99. The molecule has 1 saturated heterocycles. The van der Waals surface area contributed by atoms with Crippen LogP contribution in [0.1, 0.15) is 40.7 Å². The summed E-state index contributed by atoms with van der Waals surface area (Å²) >= 11 is 1.33. The SMILES string of the molecule is CCCc1cc(OCC2CCOCC2)c(C(=O)O)s1. The maximum absolute atomic E-state index is 11.2. The number of carboxylic acids is 1. The molecule has 0 unspecified atom stereocenters. The van der Waals surface area contributed by atoms with Gasteiger partial charge in [-0.15, -0.1) is 11.3 Å². The van der Waals surface area contributed by atoms with E-state index in [-0.39, 0.29) is 0 Å². The maximum atomic E-state index is 11.2. The van der Waals surface area contributed by atoms with Crippen LogP contribution in [-0.2, 0) is 11.2 Å². The number of rotatable bonds is 6. The van der Waals surface area contributed by atoms with Crippen LogP contribution < -0.4 is 4.74 Å². The van der Waals surface area contributed by atoms with E-state index in [9.17, 15) is 9.90 Å². The number of hydrogen-bond acceptors (Lipinski definition) is 4. The minimum Gasteiger partial charge on any atom is -0.491 e. The third-order valence-electron chi connectivity index (χ3n) is 3.26. The highest BCUT2D eigenvalue weighted by molar-refractivity contribution is 7.14. The van der Waals surface area contributed by atoms with Crippen molar-refractivity contribution in [2.24, 2.45) is 5.92 Å². The molecule has 2 heterocycles. The standard InChI is InChI=1S/C14H20O4S/c1-2-3-11-8-12(13(19-11)14(15)16)18-9-10-4-6-17-7-5-10/h8,10H,2-7,9H2,1H3,(H,15,16). The van der Waals surface area contributed by atoms with E-state index in [0.717, 1.165) is 43.8 Å². The first-order valence-corrected chi connectivity index (χ1v) is 7.59. The van der Waals surface area contributed by atoms with E-state index in [4.69, 9.17) is 9.47 Å². The molecule has 0 aromatic carbocycles. The molecule has 2 rings (SSSR count). The summed E-state index contributed by atoms with van der Waals surface area (Å²) in [5.41, 5.74) is 0. The van der Waals surface area contributed by atoms with Crippen molar-refractivity contribution in [1.29, 1.82) is 0 Å². The minimum atomic E-state index is -0.894. The predicted molar refractivity (Wildman–Crippen MR) is 74.3 cm³/mol. The van der Waals surface area contributed by atoms with Crippen molar-refractivity contribution in [2.75, 3.05) is 19.8 Å². The van der Waals surface area contributed by atoms with E-state index < -0.39 is 5.97 Å². The zero-order valence-electron chi connectivity index (χ0n) is 11.2. The van der Waals surface area contributed by atoms with Crippen molar-refractivity contribution >= 4 is 17.3 Å². The highest BCUT2D eigenvalue weighted by Crippen LogP contribution is 2.31. The lowest BCUT2D eigenvalue weighted by Crippen LogP contribution is -2.21. The van der Waals surface area contributed by atoms with Crippen molar-refractivity contribution < 1.29 is 19.4 Å². The van der Waals surface area contributed by atoms with Crippen LogP contribution in [-0.4, -0.2) is 30.9 Å². The van der Waals surface area contributed by atoms with Crippen molar-refractivity contribution in [2.45, 2.75) is 32.6 Å². The summed E-state index contributed by atoms with van der Waals surface area (Å²) < 4.78 is 11.0. The Morgan fingerprint density at radius 2 is 2.26 bits per heavy atom. The van der Waals surface area contributed by atoms with Crippen molar-refractivity contribution in [3.05, 3.63) is 15.8 Å². The summed E-state index contributed by atoms with van der Waals surface area (Å²) in [4.78, 5) is 12.6. The molecule has 0 spiro atoms. The smallest absolute Gasteiger partial charge is 0.349 e. The van der Waals surface area contributed by atoms with Gasteiger partial charge in [-0.3, -0.25) is 0 Å². The molecule has 1 fully saturated rings. The van der Waals surface area contributed by atoms with Crippen molar-refractivity contribution in [3.8, 4) is 5.75 Å². The molecule has 1 aromatic rings. The largest absolute Gasteiger partial charge is 0.491 e. The van der Waals surface area contributed by atoms with Gasteiger partial charge in [0.1, 0.15) is 5.75 Å². The van der Waals surface area contributed by atoms with Gasteiger partial charge >= 0.3 is 5.97 Å². The highest BCUT2D eigenvalue weighted by Gasteiger charge is 2.19. The summed E-state index contributed by atoms with van der Waals surface area (Å²) in [5, 5.41) is 9.19. The number of aromatic carboxylic acids is 1. The Morgan fingerprint density at radius 1 is 1.53 bits per heavy atom. The second kappa shape index (κ2) is 6.91. The summed E-state index contributed by atoms with van der Waals surface area (Å²) in [7, 11) is 0. The van der Waals surface area contributed by atoms with Crippen LogP contribution in [0.3, 0.4) is 0 Å². The number of carboxylic acid groups (broad SMARTS) is 1. The van der Waals surface area contributed by atoms with Crippen LogP contribution in [0.15, 0.2) is 6.07 Å². The average molecular weight is 284 g/mol. The first kappa shape index (κ1) is 14.3. The lowest BCUT2D eigenvalue weighted by molar-refractivity contribution is 0.0491. The Labute approximate surface area is 117 Å². The highest BCUT2D eigenvalue weighted by atomic mass is 32.1. The molecule has 0 amide bonds. The van der Waals surface area contributed by atoms with Gasteiger partial charge in [0.15, 0.2) is 4.88 Å². The van der Waals surface area contributed by atoms with Gasteiger partial charge in [-0.05, 0) is 31.2 Å².